The summed E-state index contributed by atoms with van der Waals surface area (Å²) in [5.74, 6) is 0.226. The smallest absolute Gasteiger partial charge is 0.331 e. The highest BCUT2D eigenvalue weighted by atomic mass is 16.5. The molecule has 1 heterocycles. The number of carbonyl (C=O) groups excluding carboxylic acids is 1. The molecule has 1 atom stereocenters. The van der Waals surface area contributed by atoms with Gasteiger partial charge < -0.3 is 15.2 Å². The van der Waals surface area contributed by atoms with Crippen molar-refractivity contribution in [2.75, 3.05) is 6.61 Å². The molecule has 31 heavy (non-hydrogen) atoms. The zero-order valence-corrected chi connectivity index (χ0v) is 18.9. The predicted octanol–water partition coefficient (Wildman–Crippen LogP) is 5.44. The molecular weight excluding hydrogens is 388 g/mol. The SMILES string of the molecule is C=CCC(N)(C(=O)OCC)c1ccc(OCc2cc(C)nc3ccccc23)cc1.CC. The lowest BCUT2D eigenvalue weighted by molar-refractivity contribution is -0.150. The maximum Gasteiger partial charge on any atom is 0.331 e. The average molecular weight is 421 g/mol. The molecule has 0 amide bonds. The van der Waals surface area contributed by atoms with Crippen molar-refractivity contribution in [2.24, 2.45) is 5.73 Å². The van der Waals surface area contributed by atoms with Crippen LogP contribution < -0.4 is 10.5 Å². The molecule has 5 nitrogen and oxygen atoms in total. The van der Waals surface area contributed by atoms with Gasteiger partial charge in [-0.3, -0.25) is 4.98 Å². The van der Waals surface area contributed by atoms with Gasteiger partial charge in [0, 0.05) is 16.6 Å². The fourth-order valence-electron chi connectivity index (χ4n) is 3.33. The summed E-state index contributed by atoms with van der Waals surface area (Å²) in [5.41, 5.74) is 8.74. The number of para-hydroxylation sites is 1. The largest absolute Gasteiger partial charge is 0.489 e. The minimum absolute atomic E-state index is 0.273. The van der Waals surface area contributed by atoms with Gasteiger partial charge in [-0.05, 0) is 50.1 Å². The Balaban J connectivity index is 0.00000166. The van der Waals surface area contributed by atoms with E-state index in [1.165, 1.54) is 0 Å². The topological polar surface area (TPSA) is 74.4 Å². The summed E-state index contributed by atoms with van der Waals surface area (Å²) in [4.78, 5) is 16.9. The number of ether oxygens (including phenoxy) is 2. The summed E-state index contributed by atoms with van der Waals surface area (Å²) in [6.45, 7) is 12.1. The van der Waals surface area contributed by atoms with E-state index in [1.54, 1.807) is 25.1 Å². The van der Waals surface area contributed by atoms with E-state index >= 15 is 0 Å². The van der Waals surface area contributed by atoms with Gasteiger partial charge in [0.2, 0.25) is 0 Å². The summed E-state index contributed by atoms with van der Waals surface area (Å²) in [5, 5.41) is 1.07. The van der Waals surface area contributed by atoms with E-state index in [1.807, 2.05) is 63.2 Å². The summed E-state index contributed by atoms with van der Waals surface area (Å²) >= 11 is 0. The molecule has 0 fully saturated rings. The third-order valence-corrected chi connectivity index (χ3v) is 4.80. The van der Waals surface area contributed by atoms with E-state index < -0.39 is 11.5 Å². The number of hydrogen-bond acceptors (Lipinski definition) is 5. The van der Waals surface area contributed by atoms with Gasteiger partial charge in [-0.15, -0.1) is 6.58 Å². The van der Waals surface area contributed by atoms with Gasteiger partial charge in [-0.25, -0.2) is 4.79 Å². The number of fused-ring (bicyclic) bond motifs is 1. The van der Waals surface area contributed by atoms with Crippen molar-refractivity contribution in [2.45, 2.75) is 46.3 Å². The second kappa shape index (κ2) is 11.3. The Bertz CT molecular complexity index is 1010. The molecule has 3 aromatic rings. The number of hydrogen-bond donors (Lipinski definition) is 1. The molecule has 1 aromatic heterocycles. The van der Waals surface area contributed by atoms with Crippen LogP contribution in [0.2, 0.25) is 0 Å². The molecule has 3 rings (SSSR count). The van der Waals surface area contributed by atoms with E-state index in [2.05, 4.69) is 11.6 Å². The van der Waals surface area contributed by atoms with Crippen LogP contribution in [0.25, 0.3) is 10.9 Å². The van der Waals surface area contributed by atoms with Crippen LogP contribution in [0.4, 0.5) is 0 Å². The number of nitrogens with zero attached hydrogens (tertiary/aromatic N) is 1. The van der Waals surface area contributed by atoms with Gasteiger partial charge in [0.15, 0.2) is 0 Å². The minimum Gasteiger partial charge on any atom is -0.489 e. The normalized spacial score (nSPS) is 12.3. The molecule has 0 saturated carbocycles. The molecule has 0 aliphatic carbocycles. The van der Waals surface area contributed by atoms with Crippen molar-refractivity contribution in [3.05, 3.63) is 84.1 Å². The van der Waals surface area contributed by atoms with Crippen LogP contribution in [0.1, 0.15) is 44.0 Å². The number of esters is 1. The third-order valence-electron chi connectivity index (χ3n) is 4.80. The van der Waals surface area contributed by atoms with Gasteiger partial charge in [0.05, 0.1) is 12.1 Å². The maximum absolute atomic E-state index is 12.4. The highest BCUT2D eigenvalue weighted by Crippen LogP contribution is 2.27. The summed E-state index contributed by atoms with van der Waals surface area (Å²) in [6.07, 6.45) is 1.91. The standard InChI is InChI=1S/C24H26N2O3.C2H6/c1-4-14-24(25,23(27)28-5-2)19-10-12-20(13-11-19)29-16-18-15-17(3)26-22-9-7-6-8-21(18)22;1-2/h4,6-13,15H,1,5,14,16,25H2,2-3H3;1-2H3. The minimum atomic E-state index is -1.26. The van der Waals surface area contributed by atoms with E-state index in [0.29, 0.717) is 17.9 Å². The molecule has 2 aromatic carbocycles. The van der Waals surface area contributed by atoms with Gasteiger partial charge >= 0.3 is 5.97 Å². The van der Waals surface area contributed by atoms with E-state index in [9.17, 15) is 4.79 Å². The highest BCUT2D eigenvalue weighted by molar-refractivity contribution is 5.83. The van der Waals surface area contributed by atoms with Crippen molar-refractivity contribution < 1.29 is 14.3 Å². The first-order chi connectivity index (χ1) is 15.0. The van der Waals surface area contributed by atoms with Crippen LogP contribution in [0.3, 0.4) is 0 Å². The fraction of sp³-hybridized carbons (Fsp3) is 0.308. The first-order valence-corrected chi connectivity index (χ1v) is 10.6. The Morgan fingerprint density at radius 2 is 1.84 bits per heavy atom. The third kappa shape index (κ3) is 5.70. The second-order valence-corrected chi connectivity index (χ2v) is 6.94. The van der Waals surface area contributed by atoms with Crippen LogP contribution in [-0.2, 0) is 21.7 Å². The Hall–Kier alpha value is -3.18. The van der Waals surface area contributed by atoms with Crippen molar-refractivity contribution in [3.8, 4) is 5.75 Å². The molecule has 1 unspecified atom stereocenters. The first kappa shape index (κ1) is 24.1. The highest BCUT2D eigenvalue weighted by Gasteiger charge is 2.36. The molecule has 0 saturated heterocycles. The van der Waals surface area contributed by atoms with Crippen LogP contribution >= 0.6 is 0 Å². The number of carbonyl (C=O) groups is 1. The first-order valence-electron chi connectivity index (χ1n) is 10.6. The molecule has 2 N–H and O–H groups in total. The van der Waals surface area contributed by atoms with E-state index in [0.717, 1.165) is 22.2 Å². The van der Waals surface area contributed by atoms with Crippen molar-refractivity contribution in [3.63, 3.8) is 0 Å². The monoisotopic (exact) mass is 420 g/mol. The molecule has 0 bridgehead atoms. The number of benzene rings is 2. The van der Waals surface area contributed by atoms with Crippen LogP contribution in [-0.4, -0.2) is 17.6 Å². The Morgan fingerprint density at radius 3 is 2.48 bits per heavy atom. The van der Waals surface area contributed by atoms with Crippen molar-refractivity contribution >= 4 is 16.9 Å². The van der Waals surface area contributed by atoms with E-state index in [4.69, 9.17) is 15.2 Å². The quantitative estimate of drug-likeness (QED) is 0.388. The van der Waals surface area contributed by atoms with Crippen molar-refractivity contribution in [1.29, 1.82) is 0 Å². The fourth-order valence-corrected chi connectivity index (χ4v) is 3.33. The summed E-state index contributed by atoms with van der Waals surface area (Å²) < 4.78 is 11.1. The number of aryl methyl sites for hydroxylation is 1. The average Bonchev–Trinajstić information content (AvgIpc) is 2.79. The molecular formula is C26H32N2O3. The zero-order valence-electron chi connectivity index (χ0n) is 18.9. The summed E-state index contributed by atoms with van der Waals surface area (Å²) in [7, 11) is 0. The lowest BCUT2D eigenvalue weighted by Crippen LogP contribution is -2.45. The number of aromatic nitrogens is 1. The molecule has 0 spiro atoms. The zero-order chi connectivity index (χ0) is 22.9. The predicted molar refractivity (Wildman–Crippen MR) is 126 cm³/mol. The number of nitrogens with two attached hydrogens (primary N) is 1. The van der Waals surface area contributed by atoms with Gasteiger partial charge in [-0.1, -0.05) is 50.3 Å². The second-order valence-electron chi connectivity index (χ2n) is 6.94. The van der Waals surface area contributed by atoms with Gasteiger partial charge in [-0.2, -0.15) is 0 Å². The molecule has 0 aliphatic heterocycles. The molecule has 0 aliphatic rings. The lowest BCUT2D eigenvalue weighted by Gasteiger charge is -2.26. The van der Waals surface area contributed by atoms with Gasteiger partial charge in [0.25, 0.3) is 0 Å². The van der Waals surface area contributed by atoms with Crippen molar-refractivity contribution in [1.82, 2.24) is 4.98 Å². The molecule has 0 radical (unpaired) electrons. The summed E-state index contributed by atoms with van der Waals surface area (Å²) in [6, 6.07) is 17.3. The lowest BCUT2D eigenvalue weighted by atomic mass is 9.87. The molecule has 164 valence electrons. The van der Waals surface area contributed by atoms with E-state index in [-0.39, 0.29) is 13.0 Å². The van der Waals surface area contributed by atoms with Crippen LogP contribution in [0.5, 0.6) is 5.75 Å². The maximum atomic E-state index is 12.4. The van der Waals surface area contributed by atoms with Crippen LogP contribution in [0.15, 0.2) is 67.3 Å². The Morgan fingerprint density at radius 1 is 1.16 bits per heavy atom. The van der Waals surface area contributed by atoms with Gasteiger partial charge in [0.1, 0.15) is 17.9 Å². The Kier molecular flexibility index (Phi) is 8.76. The Labute approximate surface area is 184 Å². The molecule has 5 heteroatoms. The number of rotatable bonds is 8. The van der Waals surface area contributed by atoms with Crippen LogP contribution in [0, 0.1) is 6.92 Å². The number of pyridine rings is 1.